The highest BCUT2D eigenvalue weighted by Gasteiger charge is 2.27. The Morgan fingerprint density at radius 2 is 2.07 bits per heavy atom. The Morgan fingerprint density at radius 3 is 2.67 bits per heavy atom. The maximum absolute atomic E-state index is 11.7. The Kier molecular flexibility index (Phi) is 4.28. The van der Waals surface area contributed by atoms with Crippen LogP contribution in [0, 0.1) is 0 Å². The smallest absolute Gasteiger partial charge is 0.411 e. The lowest BCUT2D eigenvalue weighted by Crippen LogP contribution is -2.16. The first-order valence-electron chi connectivity index (χ1n) is 4.04. The van der Waals surface area contributed by atoms with Gasteiger partial charge < -0.3 is 9.84 Å². The molecule has 0 aliphatic heterocycles. The highest BCUT2D eigenvalue weighted by atomic mass is 32.2. The molecule has 0 heterocycles. The average molecular weight is 238 g/mol. The summed E-state index contributed by atoms with van der Waals surface area (Å²) in [6.45, 7) is -1.25. The summed E-state index contributed by atoms with van der Waals surface area (Å²) in [7, 11) is 0. The predicted octanol–water partition coefficient (Wildman–Crippen LogP) is 3.02. The molecule has 1 aromatic carbocycles. The van der Waals surface area contributed by atoms with Crippen molar-refractivity contribution in [3.05, 3.63) is 24.3 Å². The standard InChI is InChI=1S/C9H9F3O2S/c10-9(11,12)5-14-6-15-8-3-1-2-7(13)4-8/h1-4,13H,5-6H2. The van der Waals surface area contributed by atoms with E-state index in [-0.39, 0.29) is 11.7 Å². The summed E-state index contributed by atoms with van der Waals surface area (Å²) in [6.07, 6.45) is -4.29. The fourth-order valence-electron chi connectivity index (χ4n) is 0.840. The van der Waals surface area contributed by atoms with Crippen LogP contribution in [0.25, 0.3) is 0 Å². The topological polar surface area (TPSA) is 29.5 Å². The normalized spacial score (nSPS) is 11.7. The van der Waals surface area contributed by atoms with Crippen LogP contribution < -0.4 is 0 Å². The Bertz CT molecular complexity index is 314. The molecule has 84 valence electrons. The van der Waals surface area contributed by atoms with Crippen LogP contribution in [0.1, 0.15) is 0 Å². The van der Waals surface area contributed by atoms with Gasteiger partial charge in [-0.05, 0) is 18.2 Å². The van der Waals surface area contributed by atoms with Gasteiger partial charge in [-0.2, -0.15) is 13.2 Å². The van der Waals surface area contributed by atoms with Gasteiger partial charge >= 0.3 is 6.18 Å². The molecular formula is C9H9F3O2S. The van der Waals surface area contributed by atoms with Crippen molar-refractivity contribution in [2.24, 2.45) is 0 Å². The molecule has 0 bridgehead atoms. The number of rotatable bonds is 4. The minimum absolute atomic E-state index is 0.0795. The molecule has 1 aromatic rings. The van der Waals surface area contributed by atoms with E-state index in [1.54, 1.807) is 12.1 Å². The van der Waals surface area contributed by atoms with Crippen LogP contribution in [0.5, 0.6) is 5.75 Å². The fraction of sp³-hybridized carbons (Fsp3) is 0.333. The van der Waals surface area contributed by atoms with Gasteiger partial charge in [0.15, 0.2) is 0 Å². The van der Waals surface area contributed by atoms with Crippen LogP contribution in [0.4, 0.5) is 13.2 Å². The van der Waals surface area contributed by atoms with Gasteiger partial charge in [-0.1, -0.05) is 17.8 Å². The molecule has 0 atom stereocenters. The summed E-state index contributed by atoms with van der Waals surface area (Å²) in [5.74, 6) is -0.0148. The molecule has 0 aliphatic carbocycles. The summed E-state index contributed by atoms with van der Waals surface area (Å²) < 4.78 is 39.4. The van der Waals surface area contributed by atoms with E-state index in [1.807, 2.05) is 0 Å². The average Bonchev–Trinajstić information content (AvgIpc) is 2.11. The quantitative estimate of drug-likeness (QED) is 0.496. The van der Waals surface area contributed by atoms with Gasteiger partial charge in [-0.3, -0.25) is 0 Å². The monoisotopic (exact) mass is 238 g/mol. The largest absolute Gasteiger partial charge is 0.508 e. The number of hydrogen-bond donors (Lipinski definition) is 1. The third-order valence-electron chi connectivity index (χ3n) is 1.39. The van der Waals surface area contributed by atoms with Crippen LogP contribution >= 0.6 is 11.8 Å². The Balaban J connectivity index is 2.26. The van der Waals surface area contributed by atoms with E-state index in [1.165, 1.54) is 12.1 Å². The SMILES string of the molecule is Oc1cccc(SCOCC(F)(F)F)c1. The molecule has 0 radical (unpaired) electrons. The molecule has 6 heteroatoms. The van der Waals surface area contributed by atoms with Crippen molar-refractivity contribution in [2.45, 2.75) is 11.1 Å². The van der Waals surface area contributed by atoms with Gasteiger partial charge in [0.1, 0.15) is 12.4 Å². The lowest BCUT2D eigenvalue weighted by molar-refractivity contribution is -0.168. The summed E-state index contributed by atoms with van der Waals surface area (Å²) in [5.41, 5.74) is 0. The molecule has 15 heavy (non-hydrogen) atoms. The summed E-state index contributed by atoms with van der Waals surface area (Å²) in [4.78, 5) is 0.664. The zero-order valence-corrected chi connectivity index (χ0v) is 8.44. The van der Waals surface area contributed by atoms with E-state index < -0.39 is 12.8 Å². The van der Waals surface area contributed by atoms with E-state index in [0.29, 0.717) is 4.90 Å². The predicted molar refractivity (Wildman–Crippen MR) is 50.8 cm³/mol. The maximum Gasteiger partial charge on any atom is 0.411 e. The van der Waals surface area contributed by atoms with E-state index >= 15 is 0 Å². The lowest BCUT2D eigenvalue weighted by atomic mass is 10.3. The van der Waals surface area contributed by atoms with Gasteiger partial charge in [0.05, 0.1) is 5.94 Å². The second-order valence-corrected chi connectivity index (χ2v) is 3.72. The molecule has 1 rings (SSSR count). The van der Waals surface area contributed by atoms with Crippen LogP contribution in [-0.2, 0) is 4.74 Å². The lowest BCUT2D eigenvalue weighted by Gasteiger charge is -2.07. The first kappa shape index (κ1) is 12.2. The summed E-state index contributed by atoms with van der Waals surface area (Å²) >= 11 is 1.09. The van der Waals surface area contributed by atoms with Crippen molar-refractivity contribution in [2.75, 3.05) is 12.5 Å². The number of aromatic hydroxyl groups is 1. The molecule has 0 saturated carbocycles. The minimum atomic E-state index is -4.29. The number of alkyl halides is 3. The third kappa shape index (κ3) is 5.54. The number of ether oxygens (including phenoxy) is 1. The molecule has 0 spiro atoms. The van der Waals surface area contributed by atoms with Crippen LogP contribution in [0.2, 0.25) is 0 Å². The molecule has 0 amide bonds. The Morgan fingerprint density at radius 1 is 1.33 bits per heavy atom. The molecule has 2 nitrogen and oxygen atoms in total. The molecule has 0 saturated heterocycles. The number of halogens is 3. The second-order valence-electron chi connectivity index (χ2n) is 2.72. The maximum atomic E-state index is 11.7. The van der Waals surface area contributed by atoms with Crippen molar-refractivity contribution in [3.8, 4) is 5.75 Å². The van der Waals surface area contributed by atoms with Gasteiger partial charge in [-0.25, -0.2) is 0 Å². The zero-order chi connectivity index (χ0) is 11.3. The number of phenolic OH excluding ortho intramolecular Hbond substituents is 1. The molecule has 0 aliphatic rings. The zero-order valence-electron chi connectivity index (χ0n) is 7.62. The second kappa shape index (κ2) is 5.27. The number of thioether (sulfide) groups is 1. The molecule has 0 unspecified atom stereocenters. The molecule has 1 N–H and O–H groups in total. The highest BCUT2D eigenvalue weighted by molar-refractivity contribution is 7.99. The number of phenols is 1. The van der Waals surface area contributed by atoms with E-state index in [2.05, 4.69) is 4.74 Å². The highest BCUT2D eigenvalue weighted by Crippen LogP contribution is 2.23. The van der Waals surface area contributed by atoms with Gasteiger partial charge in [0, 0.05) is 4.90 Å². The van der Waals surface area contributed by atoms with E-state index in [9.17, 15) is 13.2 Å². The summed E-state index contributed by atoms with van der Waals surface area (Å²) in [5, 5.41) is 9.06. The van der Waals surface area contributed by atoms with Crippen molar-refractivity contribution in [1.29, 1.82) is 0 Å². The van der Waals surface area contributed by atoms with Crippen LogP contribution in [0.15, 0.2) is 29.2 Å². The van der Waals surface area contributed by atoms with Crippen molar-refractivity contribution < 1.29 is 23.0 Å². The molecule has 0 fully saturated rings. The third-order valence-corrected chi connectivity index (χ3v) is 2.26. The van der Waals surface area contributed by atoms with Gasteiger partial charge in [-0.15, -0.1) is 0 Å². The van der Waals surface area contributed by atoms with Gasteiger partial charge in [0.25, 0.3) is 0 Å². The van der Waals surface area contributed by atoms with Gasteiger partial charge in [0.2, 0.25) is 0 Å². The minimum Gasteiger partial charge on any atom is -0.508 e. The first-order valence-corrected chi connectivity index (χ1v) is 5.02. The Hall–Kier alpha value is -0.880. The molecular weight excluding hydrogens is 229 g/mol. The number of hydrogen-bond acceptors (Lipinski definition) is 3. The van der Waals surface area contributed by atoms with E-state index in [4.69, 9.17) is 5.11 Å². The Labute approximate surface area is 89.1 Å². The van der Waals surface area contributed by atoms with Crippen molar-refractivity contribution >= 4 is 11.8 Å². The van der Waals surface area contributed by atoms with Crippen molar-refractivity contribution in [1.82, 2.24) is 0 Å². The fourth-order valence-corrected chi connectivity index (χ4v) is 1.52. The van der Waals surface area contributed by atoms with Crippen molar-refractivity contribution in [3.63, 3.8) is 0 Å². The number of benzene rings is 1. The van der Waals surface area contributed by atoms with Crippen LogP contribution in [0.3, 0.4) is 0 Å². The molecule has 0 aromatic heterocycles. The van der Waals surface area contributed by atoms with E-state index in [0.717, 1.165) is 11.8 Å². The van der Waals surface area contributed by atoms with Crippen LogP contribution in [-0.4, -0.2) is 23.8 Å². The first-order chi connectivity index (χ1) is 6.97. The summed E-state index contributed by atoms with van der Waals surface area (Å²) in [6, 6.07) is 6.24.